The third kappa shape index (κ3) is 4.42. The molecule has 1 saturated heterocycles. The molecule has 4 nitrogen and oxygen atoms in total. The van der Waals surface area contributed by atoms with E-state index in [1.165, 1.54) is 25.0 Å². The zero-order valence-electron chi connectivity index (χ0n) is 11.3. The Bertz CT molecular complexity index is 419. The lowest BCUT2D eigenvalue weighted by molar-refractivity contribution is 0.0953. The molecular weight excluding hydrogens is 258 g/mol. The van der Waals surface area contributed by atoms with Gasteiger partial charge in [0.05, 0.1) is 0 Å². The van der Waals surface area contributed by atoms with Crippen LogP contribution in [0.5, 0.6) is 0 Å². The largest absolute Gasteiger partial charge is 0.370 e. The number of nitrogens with zero attached hydrogens (tertiary/aromatic N) is 1. The summed E-state index contributed by atoms with van der Waals surface area (Å²) >= 11 is 1.97. The number of amides is 1. The van der Waals surface area contributed by atoms with Crippen molar-refractivity contribution in [3.05, 3.63) is 23.9 Å². The van der Waals surface area contributed by atoms with Crippen molar-refractivity contribution in [2.75, 3.05) is 24.2 Å². The SMILES string of the molecule is CCNc1cc(C(=O)NCC2CCCCS2)ccn1. The minimum Gasteiger partial charge on any atom is -0.370 e. The molecule has 1 aromatic heterocycles. The maximum Gasteiger partial charge on any atom is 0.251 e. The van der Waals surface area contributed by atoms with Crippen LogP contribution in [0.1, 0.15) is 36.5 Å². The van der Waals surface area contributed by atoms with E-state index in [-0.39, 0.29) is 5.91 Å². The van der Waals surface area contributed by atoms with E-state index >= 15 is 0 Å². The molecule has 0 saturated carbocycles. The highest BCUT2D eigenvalue weighted by Gasteiger charge is 2.15. The van der Waals surface area contributed by atoms with Crippen molar-refractivity contribution < 1.29 is 4.79 Å². The predicted molar refractivity (Wildman–Crippen MR) is 80.8 cm³/mol. The van der Waals surface area contributed by atoms with Crippen molar-refractivity contribution in [1.82, 2.24) is 10.3 Å². The Hall–Kier alpha value is -1.23. The number of hydrogen-bond acceptors (Lipinski definition) is 4. The average molecular weight is 279 g/mol. The highest BCUT2D eigenvalue weighted by molar-refractivity contribution is 7.99. The zero-order chi connectivity index (χ0) is 13.5. The van der Waals surface area contributed by atoms with Crippen LogP contribution in [-0.2, 0) is 0 Å². The van der Waals surface area contributed by atoms with Gasteiger partial charge in [0.1, 0.15) is 5.82 Å². The maximum absolute atomic E-state index is 12.1. The summed E-state index contributed by atoms with van der Waals surface area (Å²) < 4.78 is 0. The molecule has 1 aliphatic rings. The summed E-state index contributed by atoms with van der Waals surface area (Å²) in [5.74, 6) is 1.97. The first kappa shape index (κ1) is 14.2. The highest BCUT2D eigenvalue weighted by Crippen LogP contribution is 2.24. The van der Waals surface area contributed by atoms with E-state index in [4.69, 9.17) is 0 Å². The number of thioether (sulfide) groups is 1. The molecule has 0 bridgehead atoms. The van der Waals surface area contributed by atoms with Crippen molar-refractivity contribution in [2.24, 2.45) is 0 Å². The molecule has 2 rings (SSSR count). The third-order valence-electron chi connectivity index (χ3n) is 3.14. The standard InChI is InChI=1S/C14H21N3OS/c1-2-15-13-9-11(6-7-16-13)14(18)17-10-12-5-3-4-8-19-12/h6-7,9,12H,2-5,8,10H2,1H3,(H,15,16)(H,17,18). The fraction of sp³-hybridized carbons (Fsp3) is 0.571. The molecule has 2 N–H and O–H groups in total. The van der Waals surface area contributed by atoms with E-state index in [0.717, 1.165) is 18.9 Å². The number of rotatable bonds is 5. The van der Waals surface area contributed by atoms with E-state index in [0.29, 0.717) is 10.8 Å². The molecule has 19 heavy (non-hydrogen) atoms. The fourth-order valence-electron chi connectivity index (χ4n) is 2.13. The normalized spacial score (nSPS) is 18.9. The number of carbonyl (C=O) groups excluding carboxylic acids is 1. The van der Waals surface area contributed by atoms with E-state index in [1.54, 1.807) is 18.3 Å². The Morgan fingerprint density at radius 1 is 1.53 bits per heavy atom. The molecule has 1 unspecified atom stereocenters. The molecule has 1 amide bonds. The number of nitrogens with one attached hydrogen (secondary N) is 2. The summed E-state index contributed by atoms with van der Waals surface area (Å²) in [6.45, 7) is 3.58. The van der Waals surface area contributed by atoms with Crippen LogP contribution in [0.4, 0.5) is 5.82 Å². The second kappa shape index (κ2) is 7.38. The molecule has 0 radical (unpaired) electrons. The van der Waals surface area contributed by atoms with Gasteiger partial charge < -0.3 is 10.6 Å². The van der Waals surface area contributed by atoms with Crippen molar-refractivity contribution in [1.29, 1.82) is 0 Å². The lowest BCUT2D eigenvalue weighted by atomic mass is 10.2. The summed E-state index contributed by atoms with van der Waals surface area (Å²) in [4.78, 5) is 16.2. The molecule has 0 aromatic carbocycles. The maximum atomic E-state index is 12.1. The van der Waals surface area contributed by atoms with Crippen molar-refractivity contribution in [2.45, 2.75) is 31.4 Å². The van der Waals surface area contributed by atoms with E-state index in [1.807, 2.05) is 18.7 Å². The van der Waals surface area contributed by atoms with Crippen molar-refractivity contribution in [3.8, 4) is 0 Å². The van der Waals surface area contributed by atoms with Crippen LogP contribution in [0.15, 0.2) is 18.3 Å². The molecule has 5 heteroatoms. The van der Waals surface area contributed by atoms with Crippen LogP contribution < -0.4 is 10.6 Å². The molecule has 1 atom stereocenters. The number of aromatic nitrogens is 1. The van der Waals surface area contributed by atoms with Crippen molar-refractivity contribution >= 4 is 23.5 Å². The quantitative estimate of drug-likeness (QED) is 0.869. The first-order valence-corrected chi connectivity index (χ1v) is 7.94. The number of anilines is 1. The van der Waals surface area contributed by atoms with Crippen LogP contribution >= 0.6 is 11.8 Å². The monoisotopic (exact) mass is 279 g/mol. The second-order valence-corrected chi connectivity index (χ2v) is 6.07. The molecular formula is C14H21N3OS. The van der Waals surface area contributed by atoms with Gasteiger partial charge >= 0.3 is 0 Å². The highest BCUT2D eigenvalue weighted by atomic mass is 32.2. The van der Waals surface area contributed by atoms with Crippen LogP contribution in [0, 0.1) is 0 Å². The number of pyridine rings is 1. The van der Waals surface area contributed by atoms with Gasteiger partial charge in [0.25, 0.3) is 5.91 Å². The molecule has 104 valence electrons. The summed E-state index contributed by atoms with van der Waals surface area (Å²) in [5.41, 5.74) is 0.673. The summed E-state index contributed by atoms with van der Waals surface area (Å²) in [6.07, 6.45) is 5.48. The topological polar surface area (TPSA) is 54.0 Å². The minimum atomic E-state index is -0.00673. The van der Waals surface area contributed by atoms with Crippen LogP contribution in [-0.4, -0.2) is 35.0 Å². The van der Waals surface area contributed by atoms with E-state index < -0.39 is 0 Å². The Morgan fingerprint density at radius 2 is 2.42 bits per heavy atom. The van der Waals surface area contributed by atoms with Gasteiger partial charge in [-0.3, -0.25) is 4.79 Å². The molecule has 1 aromatic rings. The average Bonchev–Trinajstić information content (AvgIpc) is 2.46. The zero-order valence-corrected chi connectivity index (χ0v) is 12.1. The first-order valence-electron chi connectivity index (χ1n) is 6.89. The van der Waals surface area contributed by atoms with Gasteiger partial charge in [-0.1, -0.05) is 6.42 Å². The van der Waals surface area contributed by atoms with Gasteiger partial charge in [0.15, 0.2) is 0 Å². The van der Waals surface area contributed by atoms with Gasteiger partial charge in [0, 0.05) is 30.1 Å². The summed E-state index contributed by atoms with van der Waals surface area (Å²) in [5, 5.41) is 6.71. The summed E-state index contributed by atoms with van der Waals surface area (Å²) in [6, 6.07) is 3.55. The third-order valence-corrected chi connectivity index (χ3v) is 4.54. The Kier molecular flexibility index (Phi) is 5.51. The summed E-state index contributed by atoms with van der Waals surface area (Å²) in [7, 11) is 0. The first-order chi connectivity index (χ1) is 9.29. The molecule has 1 fully saturated rings. The molecule has 0 spiro atoms. The van der Waals surface area contributed by atoms with Gasteiger partial charge in [-0.15, -0.1) is 0 Å². The van der Waals surface area contributed by atoms with Crippen LogP contribution in [0.25, 0.3) is 0 Å². The second-order valence-electron chi connectivity index (χ2n) is 4.66. The lowest BCUT2D eigenvalue weighted by Crippen LogP contribution is -2.31. The fourth-order valence-corrected chi connectivity index (χ4v) is 3.37. The predicted octanol–water partition coefficient (Wildman–Crippen LogP) is 2.53. The van der Waals surface area contributed by atoms with E-state index in [9.17, 15) is 4.79 Å². The number of carbonyl (C=O) groups is 1. The minimum absolute atomic E-state index is 0.00673. The van der Waals surface area contributed by atoms with Gasteiger partial charge in [-0.25, -0.2) is 4.98 Å². The van der Waals surface area contributed by atoms with Crippen molar-refractivity contribution in [3.63, 3.8) is 0 Å². The molecule has 1 aliphatic heterocycles. The Morgan fingerprint density at radius 3 is 3.16 bits per heavy atom. The molecule has 0 aliphatic carbocycles. The Balaban J connectivity index is 1.86. The number of hydrogen-bond donors (Lipinski definition) is 2. The molecule has 2 heterocycles. The van der Waals surface area contributed by atoms with Gasteiger partial charge in [-0.2, -0.15) is 11.8 Å². The van der Waals surface area contributed by atoms with Gasteiger partial charge in [-0.05, 0) is 37.7 Å². The Labute approximate surface area is 118 Å². The van der Waals surface area contributed by atoms with Gasteiger partial charge in [0.2, 0.25) is 0 Å². The van der Waals surface area contributed by atoms with Crippen LogP contribution in [0.2, 0.25) is 0 Å². The van der Waals surface area contributed by atoms with E-state index in [2.05, 4.69) is 15.6 Å². The van der Waals surface area contributed by atoms with Crippen LogP contribution in [0.3, 0.4) is 0 Å². The lowest BCUT2D eigenvalue weighted by Gasteiger charge is -2.21. The smallest absolute Gasteiger partial charge is 0.251 e.